The van der Waals surface area contributed by atoms with Crippen LogP contribution >= 0.6 is 0 Å². The van der Waals surface area contributed by atoms with Crippen molar-refractivity contribution in [1.29, 1.82) is 0 Å². The molecule has 2 unspecified atom stereocenters. The molecule has 350 valence electrons. The third kappa shape index (κ3) is 32.1. The van der Waals surface area contributed by atoms with Gasteiger partial charge in [-0.15, -0.1) is 0 Å². The second kappa shape index (κ2) is 37.2. The van der Waals surface area contributed by atoms with E-state index in [0.29, 0.717) is 12.8 Å². The summed E-state index contributed by atoms with van der Waals surface area (Å²) < 4.78 is 54.0. The molecule has 0 aromatic carbocycles. The number of esters is 2. The molecular weight excluding hydrogens is 777 g/mol. The number of carbonyl (C=O) groups excluding carboxylic acids is 2. The van der Waals surface area contributed by atoms with Crippen LogP contribution in [0, 0.1) is 0 Å². The number of aliphatic hydroxyl groups is 3. The number of carbonyl (C=O) groups is 2. The quantitative estimate of drug-likeness (QED) is 0.0259. The topological polar surface area (TPSA) is 186 Å². The monoisotopic (exact) mass is 865 g/mol. The van der Waals surface area contributed by atoms with E-state index >= 15 is 0 Å². The van der Waals surface area contributed by atoms with Gasteiger partial charge in [-0.25, -0.2) is 0 Å². The van der Waals surface area contributed by atoms with Crippen molar-refractivity contribution in [3.05, 3.63) is 0 Å². The van der Waals surface area contributed by atoms with Crippen LogP contribution in [-0.2, 0) is 38.7 Å². The smallest absolute Gasteiger partial charge is 0.306 e. The molecule has 1 heterocycles. The van der Waals surface area contributed by atoms with Crippen LogP contribution in [0.2, 0.25) is 0 Å². The first-order valence-corrected chi connectivity index (χ1v) is 25.7. The molecule has 0 aromatic rings. The van der Waals surface area contributed by atoms with E-state index in [0.717, 1.165) is 38.5 Å². The van der Waals surface area contributed by atoms with Crippen molar-refractivity contribution in [2.45, 2.75) is 263 Å². The Kier molecular flexibility index (Phi) is 35.1. The summed E-state index contributed by atoms with van der Waals surface area (Å²) in [5, 5.41) is 30.9. The predicted octanol–water partition coefficient (Wildman–Crippen LogP) is 10.1. The second-order valence-corrected chi connectivity index (χ2v) is 18.6. The van der Waals surface area contributed by atoms with E-state index in [1.165, 1.54) is 148 Å². The van der Waals surface area contributed by atoms with Crippen LogP contribution in [0.15, 0.2) is 0 Å². The maximum absolute atomic E-state index is 12.8. The zero-order valence-electron chi connectivity index (χ0n) is 37.4. The maximum atomic E-state index is 12.8. The lowest BCUT2D eigenvalue weighted by Gasteiger charge is -2.40. The molecule has 0 aliphatic carbocycles. The van der Waals surface area contributed by atoms with Crippen LogP contribution in [0.3, 0.4) is 0 Å². The Bertz CT molecular complexity index is 1110. The molecule has 0 amide bonds. The van der Waals surface area contributed by atoms with E-state index < -0.39 is 71.2 Å². The number of ether oxygens (including phenoxy) is 4. The van der Waals surface area contributed by atoms with Gasteiger partial charge in [0.1, 0.15) is 36.8 Å². The van der Waals surface area contributed by atoms with Crippen LogP contribution in [0.25, 0.3) is 0 Å². The summed E-state index contributed by atoms with van der Waals surface area (Å²) >= 11 is 0. The Morgan fingerprint density at radius 2 is 0.864 bits per heavy atom. The molecule has 59 heavy (non-hydrogen) atoms. The maximum Gasteiger partial charge on any atom is 0.306 e. The number of rotatable bonds is 41. The molecule has 13 heteroatoms. The van der Waals surface area contributed by atoms with E-state index in [-0.39, 0.29) is 19.4 Å². The molecular formula is C46H88O12S. The Morgan fingerprint density at radius 1 is 0.508 bits per heavy atom. The van der Waals surface area contributed by atoms with Crippen molar-refractivity contribution in [2.24, 2.45) is 0 Å². The highest BCUT2D eigenvalue weighted by molar-refractivity contribution is 7.85. The summed E-state index contributed by atoms with van der Waals surface area (Å²) in [6.07, 6.45) is 28.8. The molecule has 0 bridgehead atoms. The molecule has 0 radical (unpaired) electrons. The van der Waals surface area contributed by atoms with Crippen molar-refractivity contribution in [2.75, 3.05) is 19.0 Å². The second-order valence-electron chi connectivity index (χ2n) is 17.1. The summed E-state index contributed by atoms with van der Waals surface area (Å²) in [5.74, 6) is -1.96. The average Bonchev–Trinajstić information content (AvgIpc) is 3.20. The van der Waals surface area contributed by atoms with Gasteiger partial charge in [0.15, 0.2) is 12.4 Å². The minimum absolute atomic E-state index is 0.171. The van der Waals surface area contributed by atoms with Gasteiger partial charge in [-0.3, -0.25) is 14.1 Å². The number of hydrogen-bond donors (Lipinski definition) is 4. The molecule has 1 aliphatic rings. The van der Waals surface area contributed by atoms with Gasteiger partial charge in [0.25, 0.3) is 10.1 Å². The third-order valence-corrected chi connectivity index (χ3v) is 12.2. The minimum Gasteiger partial charge on any atom is -0.462 e. The van der Waals surface area contributed by atoms with Crippen LogP contribution in [0.4, 0.5) is 0 Å². The molecule has 0 aromatic heterocycles. The SMILES string of the molecule is CCCCCCCCCCCCCCCCCCCCCCCC(=O)OC[C@H](CO[C@H]1O[C@H](CS(=O)(=O)O)[C@@H](O)C(O)C1O)OC(=O)CCCCCCCCCCCC. The van der Waals surface area contributed by atoms with Gasteiger partial charge in [0.2, 0.25) is 0 Å². The lowest BCUT2D eigenvalue weighted by molar-refractivity contribution is -0.297. The fraction of sp³-hybridized carbons (Fsp3) is 0.957. The fourth-order valence-electron chi connectivity index (χ4n) is 7.68. The zero-order chi connectivity index (χ0) is 43.4. The number of unbranched alkanes of at least 4 members (excludes halogenated alkanes) is 29. The lowest BCUT2D eigenvalue weighted by Crippen LogP contribution is -2.60. The fourth-order valence-corrected chi connectivity index (χ4v) is 8.37. The Balaban J connectivity index is 2.32. The van der Waals surface area contributed by atoms with E-state index in [4.69, 9.17) is 18.9 Å². The van der Waals surface area contributed by atoms with Gasteiger partial charge in [-0.05, 0) is 12.8 Å². The molecule has 12 nitrogen and oxygen atoms in total. The molecule has 6 atom stereocenters. The van der Waals surface area contributed by atoms with Crippen LogP contribution < -0.4 is 0 Å². The van der Waals surface area contributed by atoms with Gasteiger partial charge in [0, 0.05) is 12.8 Å². The summed E-state index contributed by atoms with van der Waals surface area (Å²) in [6, 6.07) is 0. The Hall–Kier alpha value is -1.35. The standard InChI is InChI=1S/C46H88O12S/c1-3-5-7-9-11-13-15-16-17-18-19-20-21-22-23-24-25-27-28-30-32-34-41(47)55-36-39(57-42(48)35-33-31-29-26-14-12-10-8-6-4-2)37-56-46-45(51)44(50)43(49)40(58-46)38-59(52,53)54/h39-40,43-46,49-51H,3-38H2,1-2H3,(H,52,53,54)/t39-,40-,43-,44?,45?,46+/m1/s1. The van der Waals surface area contributed by atoms with E-state index in [1.807, 2.05) is 0 Å². The van der Waals surface area contributed by atoms with Crippen LogP contribution in [0.5, 0.6) is 0 Å². The average molecular weight is 865 g/mol. The summed E-state index contributed by atoms with van der Waals surface area (Å²) in [7, 11) is -4.59. The largest absolute Gasteiger partial charge is 0.462 e. The molecule has 1 aliphatic heterocycles. The normalized spacial score (nSPS) is 20.1. The van der Waals surface area contributed by atoms with Crippen molar-refractivity contribution in [1.82, 2.24) is 0 Å². The van der Waals surface area contributed by atoms with Crippen LogP contribution in [0.1, 0.15) is 226 Å². The van der Waals surface area contributed by atoms with E-state index in [9.17, 15) is 37.9 Å². The van der Waals surface area contributed by atoms with Crippen molar-refractivity contribution < 1.29 is 56.8 Å². The van der Waals surface area contributed by atoms with E-state index in [2.05, 4.69) is 13.8 Å². The zero-order valence-corrected chi connectivity index (χ0v) is 38.2. The molecule has 0 saturated carbocycles. The highest BCUT2D eigenvalue weighted by Gasteiger charge is 2.46. The first-order valence-electron chi connectivity index (χ1n) is 24.1. The van der Waals surface area contributed by atoms with Crippen LogP contribution in [-0.4, -0.2) is 96.0 Å². The summed E-state index contributed by atoms with van der Waals surface area (Å²) in [4.78, 5) is 25.4. The van der Waals surface area contributed by atoms with Gasteiger partial charge in [-0.2, -0.15) is 8.42 Å². The van der Waals surface area contributed by atoms with Crippen molar-refractivity contribution >= 4 is 22.1 Å². The van der Waals surface area contributed by atoms with Gasteiger partial charge < -0.3 is 34.3 Å². The Labute approximate surface area is 359 Å². The first kappa shape index (κ1) is 55.7. The molecule has 1 saturated heterocycles. The molecule has 1 fully saturated rings. The third-order valence-electron chi connectivity index (χ3n) is 11.4. The minimum atomic E-state index is -4.59. The highest BCUT2D eigenvalue weighted by Crippen LogP contribution is 2.24. The predicted molar refractivity (Wildman–Crippen MR) is 234 cm³/mol. The van der Waals surface area contributed by atoms with Crippen molar-refractivity contribution in [3.8, 4) is 0 Å². The van der Waals surface area contributed by atoms with E-state index in [1.54, 1.807) is 0 Å². The number of aliphatic hydroxyl groups excluding tert-OH is 3. The van der Waals surface area contributed by atoms with Gasteiger partial charge in [0.05, 0.1) is 6.61 Å². The summed E-state index contributed by atoms with van der Waals surface area (Å²) in [5.41, 5.74) is 0. The first-order chi connectivity index (χ1) is 28.5. The van der Waals surface area contributed by atoms with Crippen molar-refractivity contribution in [3.63, 3.8) is 0 Å². The molecule has 1 rings (SSSR count). The van der Waals surface area contributed by atoms with Gasteiger partial charge >= 0.3 is 11.9 Å². The number of hydrogen-bond acceptors (Lipinski definition) is 11. The highest BCUT2D eigenvalue weighted by atomic mass is 32.2. The van der Waals surface area contributed by atoms with Gasteiger partial charge in [-0.1, -0.05) is 200 Å². The molecule has 0 spiro atoms. The Morgan fingerprint density at radius 3 is 1.24 bits per heavy atom. The lowest BCUT2D eigenvalue weighted by atomic mass is 10.00. The molecule has 4 N–H and O–H groups in total. The summed E-state index contributed by atoms with van der Waals surface area (Å²) in [6.45, 7) is 3.77.